The van der Waals surface area contributed by atoms with E-state index in [9.17, 15) is 4.39 Å². The molecule has 0 bridgehead atoms. The smallest absolute Gasteiger partial charge is 0.123 e. The van der Waals surface area contributed by atoms with Crippen molar-refractivity contribution in [2.45, 2.75) is 13.0 Å². The number of hydrogen-bond acceptors (Lipinski definition) is 2. The van der Waals surface area contributed by atoms with Gasteiger partial charge in [-0.3, -0.25) is 4.98 Å². The molecule has 0 spiro atoms. The topological polar surface area (TPSA) is 24.9 Å². The first kappa shape index (κ1) is 13.7. The molecule has 0 aliphatic rings. The number of halogens is 1. The third-order valence-electron chi connectivity index (χ3n) is 3.55. The van der Waals surface area contributed by atoms with Gasteiger partial charge >= 0.3 is 0 Å². The lowest BCUT2D eigenvalue weighted by molar-refractivity contribution is 0.603. The fourth-order valence-electron chi connectivity index (χ4n) is 2.59. The Hall–Kier alpha value is -2.26. The zero-order valence-corrected chi connectivity index (χ0v) is 11.9. The van der Waals surface area contributed by atoms with Crippen LogP contribution in [0.3, 0.4) is 0 Å². The first-order chi connectivity index (χ1) is 10.3. The summed E-state index contributed by atoms with van der Waals surface area (Å²) in [6, 6.07) is 16.9. The summed E-state index contributed by atoms with van der Waals surface area (Å²) < 4.78 is 13.5. The second-order valence-electron chi connectivity index (χ2n) is 5.00. The summed E-state index contributed by atoms with van der Waals surface area (Å²) in [4.78, 5) is 4.33. The number of pyridine rings is 1. The molecule has 21 heavy (non-hydrogen) atoms. The van der Waals surface area contributed by atoms with Gasteiger partial charge in [0.25, 0.3) is 0 Å². The quantitative estimate of drug-likeness (QED) is 0.779. The highest BCUT2D eigenvalue weighted by molar-refractivity contribution is 5.79. The zero-order valence-electron chi connectivity index (χ0n) is 11.9. The molecule has 2 aromatic carbocycles. The first-order valence-electron chi connectivity index (χ1n) is 7.11. The van der Waals surface area contributed by atoms with E-state index in [0.717, 1.165) is 28.6 Å². The number of aromatic nitrogens is 1. The molecule has 0 saturated carbocycles. The van der Waals surface area contributed by atoms with Gasteiger partial charge in [-0.1, -0.05) is 31.2 Å². The summed E-state index contributed by atoms with van der Waals surface area (Å²) in [7, 11) is 0. The number of fused-ring (bicyclic) bond motifs is 1. The molecule has 1 atom stereocenters. The molecule has 0 aliphatic heterocycles. The van der Waals surface area contributed by atoms with E-state index in [1.54, 1.807) is 18.3 Å². The Balaban J connectivity index is 2.06. The maximum atomic E-state index is 13.5. The van der Waals surface area contributed by atoms with Crippen LogP contribution in [0.25, 0.3) is 10.9 Å². The summed E-state index contributed by atoms with van der Waals surface area (Å²) in [5.41, 5.74) is 3.01. The van der Waals surface area contributed by atoms with Crippen molar-refractivity contribution in [3.63, 3.8) is 0 Å². The minimum atomic E-state index is -0.210. The van der Waals surface area contributed by atoms with Gasteiger partial charge in [-0.2, -0.15) is 0 Å². The van der Waals surface area contributed by atoms with Crippen molar-refractivity contribution in [3.8, 4) is 0 Å². The average Bonchev–Trinajstić information content (AvgIpc) is 2.52. The predicted molar refractivity (Wildman–Crippen MR) is 83.7 cm³/mol. The van der Waals surface area contributed by atoms with Crippen LogP contribution in [0.2, 0.25) is 0 Å². The van der Waals surface area contributed by atoms with Crippen LogP contribution >= 0.6 is 0 Å². The third kappa shape index (κ3) is 2.93. The second kappa shape index (κ2) is 6.02. The molecule has 0 radical (unpaired) electrons. The molecule has 2 nitrogen and oxygen atoms in total. The molecular formula is C18H17FN2. The Morgan fingerprint density at radius 1 is 1.05 bits per heavy atom. The summed E-state index contributed by atoms with van der Waals surface area (Å²) in [6.07, 6.45) is 1.79. The molecule has 1 heterocycles. The van der Waals surface area contributed by atoms with E-state index in [1.807, 2.05) is 30.3 Å². The number of rotatable bonds is 4. The molecule has 106 valence electrons. The van der Waals surface area contributed by atoms with Crippen molar-refractivity contribution < 1.29 is 4.39 Å². The highest BCUT2D eigenvalue weighted by atomic mass is 19.1. The van der Waals surface area contributed by atoms with Gasteiger partial charge in [-0.05, 0) is 48.0 Å². The number of hydrogen-bond donors (Lipinski definition) is 1. The van der Waals surface area contributed by atoms with E-state index < -0.39 is 0 Å². The van der Waals surface area contributed by atoms with Crippen LogP contribution < -0.4 is 5.32 Å². The molecule has 0 fully saturated rings. The number of nitrogens with one attached hydrogen (secondary N) is 1. The molecule has 3 aromatic rings. The molecule has 3 rings (SSSR count). The van der Waals surface area contributed by atoms with E-state index in [1.165, 1.54) is 6.07 Å². The van der Waals surface area contributed by atoms with Gasteiger partial charge in [0.05, 0.1) is 11.6 Å². The van der Waals surface area contributed by atoms with Crippen molar-refractivity contribution in [3.05, 3.63) is 77.7 Å². The normalized spacial score (nSPS) is 12.5. The molecule has 3 heteroatoms. The molecule has 1 aromatic heterocycles. The standard InChI is InChI=1S/C18H17FN2/c1-2-20-18(14-5-3-7-16(19)12-14)15-8-9-17-13(11-15)6-4-10-21-17/h3-12,18,20H,2H2,1H3. The van der Waals surface area contributed by atoms with E-state index >= 15 is 0 Å². The molecule has 1 N–H and O–H groups in total. The van der Waals surface area contributed by atoms with Crippen LogP contribution in [0.5, 0.6) is 0 Å². The molecule has 1 unspecified atom stereocenters. The Bertz CT molecular complexity index is 755. The van der Waals surface area contributed by atoms with Gasteiger partial charge in [-0.15, -0.1) is 0 Å². The van der Waals surface area contributed by atoms with Crippen LogP contribution in [-0.2, 0) is 0 Å². The van der Waals surface area contributed by atoms with Crippen LogP contribution in [-0.4, -0.2) is 11.5 Å². The first-order valence-corrected chi connectivity index (χ1v) is 7.11. The summed E-state index contributed by atoms with van der Waals surface area (Å²) in [6.45, 7) is 2.86. The largest absolute Gasteiger partial charge is 0.307 e. The Kier molecular flexibility index (Phi) is 3.93. The van der Waals surface area contributed by atoms with Crippen molar-refractivity contribution in [1.82, 2.24) is 10.3 Å². The maximum absolute atomic E-state index is 13.5. The minimum absolute atomic E-state index is 0.0182. The predicted octanol–water partition coefficient (Wildman–Crippen LogP) is 4.07. The summed E-state index contributed by atoms with van der Waals surface area (Å²) in [5.74, 6) is -0.210. The zero-order chi connectivity index (χ0) is 14.7. The highest BCUT2D eigenvalue weighted by Crippen LogP contribution is 2.25. The second-order valence-corrected chi connectivity index (χ2v) is 5.00. The Labute approximate surface area is 123 Å². The van der Waals surface area contributed by atoms with Crippen LogP contribution in [0.4, 0.5) is 4.39 Å². The third-order valence-corrected chi connectivity index (χ3v) is 3.55. The number of nitrogens with zero attached hydrogens (tertiary/aromatic N) is 1. The molecule has 0 saturated heterocycles. The van der Waals surface area contributed by atoms with Crippen LogP contribution in [0, 0.1) is 5.82 Å². The highest BCUT2D eigenvalue weighted by Gasteiger charge is 2.14. The van der Waals surface area contributed by atoms with Gasteiger partial charge in [0.1, 0.15) is 5.82 Å². The van der Waals surface area contributed by atoms with E-state index in [2.05, 4.69) is 23.3 Å². The maximum Gasteiger partial charge on any atom is 0.123 e. The SMILES string of the molecule is CCNC(c1cccc(F)c1)c1ccc2ncccc2c1. The monoisotopic (exact) mass is 280 g/mol. The van der Waals surface area contributed by atoms with Gasteiger partial charge in [0.15, 0.2) is 0 Å². The Morgan fingerprint density at radius 2 is 1.90 bits per heavy atom. The summed E-state index contributed by atoms with van der Waals surface area (Å²) >= 11 is 0. The van der Waals surface area contributed by atoms with Crippen molar-refractivity contribution >= 4 is 10.9 Å². The van der Waals surface area contributed by atoms with Gasteiger partial charge in [-0.25, -0.2) is 4.39 Å². The van der Waals surface area contributed by atoms with Crippen molar-refractivity contribution in [2.75, 3.05) is 6.54 Å². The van der Waals surface area contributed by atoms with Gasteiger partial charge in [0, 0.05) is 11.6 Å². The van der Waals surface area contributed by atoms with E-state index in [4.69, 9.17) is 0 Å². The van der Waals surface area contributed by atoms with Crippen molar-refractivity contribution in [2.24, 2.45) is 0 Å². The van der Waals surface area contributed by atoms with Crippen LogP contribution in [0.15, 0.2) is 60.8 Å². The summed E-state index contributed by atoms with van der Waals surface area (Å²) in [5, 5.41) is 4.51. The number of benzene rings is 2. The van der Waals surface area contributed by atoms with Crippen LogP contribution in [0.1, 0.15) is 24.1 Å². The fraction of sp³-hybridized carbons (Fsp3) is 0.167. The minimum Gasteiger partial charge on any atom is -0.307 e. The fourth-order valence-corrected chi connectivity index (χ4v) is 2.59. The molecular weight excluding hydrogens is 263 g/mol. The lowest BCUT2D eigenvalue weighted by Crippen LogP contribution is -2.22. The molecule has 0 aliphatic carbocycles. The Morgan fingerprint density at radius 3 is 2.71 bits per heavy atom. The van der Waals surface area contributed by atoms with E-state index in [0.29, 0.717) is 0 Å². The average molecular weight is 280 g/mol. The van der Waals surface area contributed by atoms with Gasteiger partial charge < -0.3 is 5.32 Å². The lowest BCUT2D eigenvalue weighted by atomic mass is 9.97. The molecule has 0 amide bonds. The lowest BCUT2D eigenvalue weighted by Gasteiger charge is -2.19. The van der Waals surface area contributed by atoms with E-state index in [-0.39, 0.29) is 11.9 Å². The van der Waals surface area contributed by atoms with Gasteiger partial charge in [0.2, 0.25) is 0 Å². The van der Waals surface area contributed by atoms with Crippen molar-refractivity contribution in [1.29, 1.82) is 0 Å².